The molecule has 1 heterocycles. The summed E-state index contributed by atoms with van der Waals surface area (Å²) in [4.78, 5) is 34.9. The van der Waals surface area contributed by atoms with Crippen molar-refractivity contribution in [3.63, 3.8) is 0 Å². The van der Waals surface area contributed by atoms with Gasteiger partial charge in [-0.15, -0.1) is 0 Å². The van der Waals surface area contributed by atoms with Crippen LogP contribution in [0, 0.1) is 0 Å². The average Bonchev–Trinajstić information content (AvgIpc) is 2.22. The lowest BCUT2D eigenvalue weighted by Crippen LogP contribution is -2.49. The molecule has 0 aromatic carbocycles. The van der Waals surface area contributed by atoms with Crippen LogP contribution in [0.1, 0.15) is 0 Å². The number of hydrogen-bond acceptors (Lipinski definition) is 3. The van der Waals surface area contributed by atoms with Gasteiger partial charge in [-0.25, -0.2) is 9.59 Å². The molecule has 0 radical (unpaired) electrons. The first-order valence-corrected chi connectivity index (χ1v) is 3.55. The van der Waals surface area contributed by atoms with Gasteiger partial charge in [0, 0.05) is 14.1 Å². The minimum atomic E-state index is -0.977. The third kappa shape index (κ3) is 1.40. The fraction of sp³-hybridized carbons (Fsp3) is 0.500. The van der Waals surface area contributed by atoms with Crippen molar-refractivity contribution in [3.8, 4) is 0 Å². The van der Waals surface area contributed by atoms with E-state index < -0.39 is 24.1 Å². The first-order valence-electron chi connectivity index (χ1n) is 3.55. The molecule has 0 saturated carbocycles. The van der Waals surface area contributed by atoms with Crippen LogP contribution >= 0.6 is 0 Å². The van der Waals surface area contributed by atoms with E-state index in [1.165, 1.54) is 14.1 Å². The van der Waals surface area contributed by atoms with Crippen molar-refractivity contribution in [3.05, 3.63) is 0 Å². The Hall–Kier alpha value is -1.79. The standard InChI is InChI=1S/C6H10N4O3/c1-9-3(8-5(7)12)4(11)10(2)6(9)13/h3H,1-2H3,(H3,7,8,12)/t3-/m0/s1. The maximum Gasteiger partial charge on any atom is 0.328 e. The highest BCUT2D eigenvalue weighted by Crippen LogP contribution is 2.10. The van der Waals surface area contributed by atoms with Crippen LogP contribution in [0.4, 0.5) is 9.59 Å². The maximum atomic E-state index is 11.3. The summed E-state index contributed by atoms with van der Waals surface area (Å²) in [5.74, 6) is -0.494. The smallest absolute Gasteiger partial charge is 0.328 e. The largest absolute Gasteiger partial charge is 0.352 e. The average molecular weight is 186 g/mol. The van der Waals surface area contributed by atoms with E-state index >= 15 is 0 Å². The molecule has 1 fully saturated rings. The molecule has 7 nitrogen and oxygen atoms in total. The van der Waals surface area contributed by atoms with E-state index in [4.69, 9.17) is 5.73 Å². The number of primary amides is 1. The fourth-order valence-electron chi connectivity index (χ4n) is 1.08. The molecule has 0 aliphatic carbocycles. The van der Waals surface area contributed by atoms with Gasteiger partial charge in [0.2, 0.25) is 0 Å². The zero-order chi connectivity index (χ0) is 10.2. The Bertz CT molecular complexity index is 277. The highest BCUT2D eigenvalue weighted by atomic mass is 16.2. The molecular weight excluding hydrogens is 176 g/mol. The van der Waals surface area contributed by atoms with E-state index in [0.29, 0.717) is 0 Å². The van der Waals surface area contributed by atoms with Gasteiger partial charge in [0.1, 0.15) is 0 Å². The van der Waals surface area contributed by atoms with E-state index in [2.05, 4.69) is 5.32 Å². The molecular formula is C6H10N4O3. The highest BCUT2D eigenvalue weighted by Gasteiger charge is 2.41. The van der Waals surface area contributed by atoms with Gasteiger partial charge in [-0.3, -0.25) is 14.6 Å². The van der Waals surface area contributed by atoms with Crippen LogP contribution in [0.2, 0.25) is 0 Å². The summed E-state index contributed by atoms with van der Waals surface area (Å²) in [5.41, 5.74) is 4.83. The minimum absolute atomic E-state index is 0.469. The third-order valence-corrected chi connectivity index (χ3v) is 1.82. The van der Waals surface area contributed by atoms with Crippen LogP contribution < -0.4 is 11.1 Å². The van der Waals surface area contributed by atoms with Crippen LogP contribution in [0.3, 0.4) is 0 Å². The normalized spacial score (nSPS) is 22.5. The quantitative estimate of drug-likeness (QED) is 0.488. The summed E-state index contributed by atoms with van der Waals surface area (Å²) >= 11 is 0. The molecule has 5 amide bonds. The zero-order valence-electron chi connectivity index (χ0n) is 7.27. The number of amides is 5. The predicted octanol–water partition coefficient (Wildman–Crippen LogP) is -1.50. The SMILES string of the molecule is CN1C(=O)[C@@H](NC(N)=O)N(C)C1=O. The number of carbonyl (C=O) groups excluding carboxylic acids is 3. The summed E-state index contributed by atoms with van der Waals surface area (Å²) in [5, 5.41) is 2.15. The van der Waals surface area contributed by atoms with Gasteiger partial charge in [-0.2, -0.15) is 0 Å². The van der Waals surface area contributed by atoms with Crippen LogP contribution in [0.25, 0.3) is 0 Å². The van der Waals surface area contributed by atoms with Gasteiger partial charge in [0.25, 0.3) is 5.91 Å². The summed E-state index contributed by atoms with van der Waals surface area (Å²) in [6, 6.07) is -1.31. The summed E-state index contributed by atoms with van der Waals surface area (Å²) in [6.07, 6.45) is -0.977. The Morgan fingerprint density at radius 1 is 1.46 bits per heavy atom. The minimum Gasteiger partial charge on any atom is -0.352 e. The molecule has 1 rings (SSSR count). The van der Waals surface area contributed by atoms with Crippen LogP contribution in [-0.4, -0.2) is 48.0 Å². The van der Waals surface area contributed by atoms with Gasteiger partial charge in [0.15, 0.2) is 6.17 Å². The monoisotopic (exact) mass is 186 g/mol. The number of nitrogens with zero attached hydrogens (tertiary/aromatic N) is 2. The van der Waals surface area contributed by atoms with E-state index in [9.17, 15) is 14.4 Å². The number of rotatable bonds is 1. The van der Waals surface area contributed by atoms with E-state index in [1.807, 2.05) is 0 Å². The second-order valence-corrected chi connectivity index (χ2v) is 2.70. The molecule has 0 bridgehead atoms. The molecule has 1 aliphatic heterocycles. The Morgan fingerprint density at radius 3 is 2.31 bits per heavy atom. The lowest BCUT2D eigenvalue weighted by molar-refractivity contribution is -0.127. The lowest BCUT2D eigenvalue weighted by atomic mass is 10.4. The molecule has 72 valence electrons. The molecule has 1 aliphatic rings. The van der Waals surface area contributed by atoms with Crippen molar-refractivity contribution in [2.75, 3.05) is 14.1 Å². The van der Waals surface area contributed by atoms with E-state index in [1.54, 1.807) is 0 Å². The number of urea groups is 2. The lowest BCUT2D eigenvalue weighted by Gasteiger charge is -2.15. The van der Waals surface area contributed by atoms with Gasteiger partial charge in [0.05, 0.1) is 0 Å². The molecule has 0 aromatic heterocycles. The number of likely N-dealkylation sites (N-methyl/N-ethyl adjacent to an activating group) is 2. The Kier molecular flexibility index (Phi) is 2.09. The molecule has 0 aromatic rings. The predicted molar refractivity (Wildman–Crippen MR) is 42.4 cm³/mol. The molecule has 13 heavy (non-hydrogen) atoms. The molecule has 1 atom stereocenters. The van der Waals surface area contributed by atoms with Crippen LogP contribution in [-0.2, 0) is 4.79 Å². The van der Waals surface area contributed by atoms with Crippen molar-refractivity contribution in [2.45, 2.75) is 6.17 Å². The third-order valence-electron chi connectivity index (χ3n) is 1.82. The first kappa shape index (κ1) is 9.30. The number of nitrogens with one attached hydrogen (secondary N) is 1. The van der Waals surface area contributed by atoms with E-state index in [-0.39, 0.29) is 0 Å². The van der Waals surface area contributed by atoms with Crippen molar-refractivity contribution < 1.29 is 14.4 Å². The molecule has 0 spiro atoms. The second-order valence-electron chi connectivity index (χ2n) is 2.70. The fourth-order valence-corrected chi connectivity index (χ4v) is 1.08. The zero-order valence-corrected chi connectivity index (χ0v) is 7.27. The Morgan fingerprint density at radius 2 is 2.00 bits per heavy atom. The van der Waals surface area contributed by atoms with Crippen molar-refractivity contribution >= 4 is 18.0 Å². The molecule has 1 saturated heterocycles. The maximum absolute atomic E-state index is 11.3. The summed E-state index contributed by atoms with van der Waals surface area (Å²) in [6.45, 7) is 0. The van der Waals surface area contributed by atoms with Gasteiger partial charge in [-0.1, -0.05) is 0 Å². The summed E-state index contributed by atoms with van der Waals surface area (Å²) in [7, 11) is 2.74. The number of imide groups is 1. The summed E-state index contributed by atoms with van der Waals surface area (Å²) < 4.78 is 0. The van der Waals surface area contributed by atoms with Crippen molar-refractivity contribution in [1.82, 2.24) is 15.1 Å². The molecule has 7 heteroatoms. The van der Waals surface area contributed by atoms with Crippen LogP contribution in [0.15, 0.2) is 0 Å². The van der Waals surface area contributed by atoms with Gasteiger partial charge in [-0.05, 0) is 0 Å². The van der Waals surface area contributed by atoms with Gasteiger partial charge < -0.3 is 11.1 Å². The van der Waals surface area contributed by atoms with Gasteiger partial charge >= 0.3 is 12.1 Å². The Labute approximate surface area is 74.5 Å². The van der Waals surface area contributed by atoms with Crippen LogP contribution in [0.5, 0.6) is 0 Å². The van der Waals surface area contributed by atoms with E-state index in [0.717, 1.165) is 9.80 Å². The Balaban J connectivity index is 2.81. The molecule has 3 N–H and O–H groups in total. The number of hydrogen-bond donors (Lipinski definition) is 2. The highest BCUT2D eigenvalue weighted by molar-refractivity contribution is 6.04. The number of carbonyl (C=O) groups is 3. The molecule has 0 unspecified atom stereocenters. The first-order chi connectivity index (χ1) is 5.95. The van der Waals surface area contributed by atoms with Crippen molar-refractivity contribution in [1.29, 1.82) is 0 Å². The second kappa shape index (κ2) is 2.92. The van der Waals surface area contributed by atoms with Crippen molar-refractivity contribution in [2.24, 2.45) is 5.73 Å². The topological polar surface area (TPSA) is 95.7 Å². The number of nitrogens with two attached hydrogens (primary N) is 1.